The number of carbonyl (C=O) groups excluding carboxylic acids is 4. The van der Waals surface area contributed by atoms with E-state index in [0.29, 0.717) is 6.29 Å². The summed E-state index contributed by atoms with van der Waals surface area (Å²) < 4.78 is 44.6. The highest BCUT2D eigenvalue weighted by atomic mass is 32.1. The summed E-state index contributed by atoms with van der Waals surface area (Å²) >= 11 is 1.08. The van der Waals surface area contributed by atoms with E-state index in [0.717, 1.165) is 29.5 Å². The van der Waals surface area contributed by atoms with Gasteiger partial charge in [0.25, 0.3) is 5.91 Å². The molecule has 0 aliphatic rings. The van der Waals surface area contributed by atoms with Crippen LogP contribution in [0.4, 0.5) is 28.8 Å². The molecule has 1 aromatic carbocycles. The fourth-order valence-electron chi connectivity index (χ4n) is 2.21. The van der Waals surface area contributed by atoms with E-state index in [1.54, 1.807) is 5.38 Å². The average Bonchev–Trinajstić information content (AvgIpc) is 3.22. The Kier molecular flexibility index (Phi) is 8.07. The highest BCUT2D eigenvalue weighted by molar-refractivity contribution is 7.13. The molecule has 0 aliphatic carbocycles. The Morgan fingerprint density at radius 3 is 2.58 bits per heavy atom. The van der Waals surface area contributed by atoms with E-state index in [2.05, 4.69) is 15.7 Å². The van der Waals surface area contributed by atoms with E-state index in [1.165, 1.54) is 19.2 Å². The first-order chi connectivity index (χ1) is 14.7. The number of amides is 3. The maximum atomic E-state index is 13.3. The first-order valence-electron chi connectivity index (χ1n) is 8.76. The van der Waals surface area contributed by atoms with Gasteiger partial charge in [0.2, 0.25) is 5.91 Å². The lowest BCUT2D eigenvalue weighted by Gasteiger charge is -2.24. The van der Waals surface area contributed by atoms with Crippen molar-refractivity contribution in [2.24, 2.45) is 0 Å². The molecule has 0 aliphatic heterocycles. The van der Waals surface area contributed by atoms with Gasteiger partial charge in [-0.25, -0.2) is 9.78 Å². The summed E-state index contributed by atoms with van der Waals surface area (Å²) in [5.74, 6) is -2.07. The standard InChI is InChI=1S/C18H17F3N4O5S/c1-2-11(10-26)30-17(29)25(15(28)9-14(27)23-16-22-7-8-31-16)24-13-6-4-3-5-12(13)18(19,20)21/h3-8,10-11,24H,2,9H2,1H3,(H,22,23,27). The third-order valence-electron chi connectivity index (χ3n) is 3.69. The van der Waals surface area contributed by atoms with Crippen molar-refractivity contribution in [3.8, 4) is 0 Å². The van der Waals surface area contributed by atoms with Crippen molar-refractivity contribution in [2.75, 3.05) is 10.7 Å². The summed E-state index contributed by atoms with van der Waals surface area (Å²) in [4.78, 5) is 51.8. The van der Waals surface area contributed by atoms with Crippen molar-refractivity contribution in [3.63, 3.8) is 0 Å². The number of nitrogens with one attached hydrogen (secondary N) is 2. The van der Waals surface area contributed by atoms with E-state index in [9.17, 15) is 32.3 Å². The van der Waals surface area contributed by atoms with Crippen molar-refractivity contribution in [2.45, 2.75) is 32.0 Å². The number of hydrogen-bond acceptors (Lipinski definition) is 8. The van der Waals surface area contributed by atoms with Gasteiger partial charge in [0, 0.05) is 11.6 Å². The fourth-order valence-corrected chi connectivity index (χ4v) is 2.76. The first kappa shape index (κ1) is 23.8. The van der Waals surface area contributed by atoms with Crippen molar-refractivity contribution < 1.29 is 37.1 Å². The predicted molar refractivity (Wildman–Crippen MR) is 104 cm³/mol. The highest BCUT2D eigenvalue weighted by Gasteiger charge is 2.35. The molecule has 3 amide bonds. The van der Waals surface area contributed by atoms with Crippen molar-refractivity contribution >= 4 is 46.3 Å². The van der Waals surface area contributed by atoms with Crippen molar-refractivity contribution in [1.29, 1.82) is 0 Å². The number of carbonyl (C=O) groups is 4. The summed E-state index contributed by atoms with van der Waals surface area (Å²) in [5.41, 5.74) is 0.269. The van der Waals surface area contributed by atoms with Gasteiger partial charge in [-0.05, 0) is 18.6 Å². The number of para-hydroxylation sites is 1. The minimum absolute atomic E-state index is 0.0704. The molecule has 0 saturated heterocycles. The number of nitrogens with zero attached hydrogens (tertiary/aromatic N) is 2. The lowest BCUT2D eigenvalue weighted by atomic mass is 10.2. The van der Waals surface area contributed by atoms with Gasteiger partial charge >= 0.3 is 12.3 Å². The molecule has 0 saturated carbocycles. The van der Waals surface area contributed by atoms with Crippen molar-refractivity contribution in [1.82, 2.24) is 9.99 Å². The van der Waals surface area contributed by atoms with Crippen molar-refractivity contribution in [3.05, 3.63) is 41.4 Å². The van der Waals surface area contributed by atoms with Crippen LogP contribution in [0.15, 0.2) is 35.8 Å². The Balaban J connectivity index is 2.26. The number of alkyl halides is 3. The molecule has 0 fully saturated rings. The lowest BCUT2D eigenvalue weighted by Crippen LogP contribution is -2.44. The number of thiazole rings is 1. The molecule has 1 heterocycles. The molecule has 9 nitrogen and oxygen atoms in total. The maximum Gasteiger partial charge on any atom is 0.436 e. The first-order valence-corrected chi connectivity index (χ1v) is 9.64. The molecular weight excluding hydrogens is 441 g/mol. The average molecular weight is 458 g/mol. The normalized spacial score (nSPS) is 11.9. The fraction of sp³-hybridized carbons (Fsp3) is 0.278. The number of imide groups is 1. The molecule has 0 bridgehead atoms. The SMILES string of the molecule is CCC(C=O)OC(=O)N(Nc1ccccc1C(F)(F)F)C(=O)CC(=O)Nc1nccs1. The summed E-state index contributed by atoms with van der Waals surface area (Å²) in [7, 11) is 0. The number of halogens is 3. The number of anilines is 2. The zero-order valence-electron chi connectivity index (χ0n) is 16.0. The number of benzene rings is 1. The number of hydrogen-bond donors (Lipinski definition) is 2. The molecule has 1 unspecified atom stereocenters. The molecule has 2 N–H and O–H groups in total. The zero-order valence-corrected chi connectivity index (χ0v) is 16.8. The van der Waals surface area contributed by atoms with Crippen LogP contribution < -0.4 is 10.7 Å². The highest BCUT2D eigenvalue weighted by Crippen LogP contribution is 2.34. The van der Waals surface area contributed by atoms with Gasteiger partial charge in [0.1, 0.15) is 6.42 Å². The monoisotopic (exact) mass is 458 g/mol. The van der Waals surface area contributed by atoms with Gasteiger partial charge < -0.3 is 10.1 Å². The van der Waals surface area contributed by atoms with Gasteiger partial charge in [-0.15, -0.1) is 11.3 Å². The van der Waals surface area contributed by atoms with Crippen LogP contribution in [0.25, 0.3) is 0 Å². The second kappa shape index (κ2) is 10.5. The lowest BCUT2D eigenvalue weighted by molar-refractivity contribution is -0.138. The molecule has 0 radical (unpaired) electrons. The molecule has 1 aromatic heterocycles. The Bertz CT molecular complexity index is 937. The Morgan fingerprint density at radius 1 is 1.29 bits per heavy atom. The number of hydrazine groups is 1. The smallest absolute Gasteiger partial charge is 0.436 e. The van der Waals surface area contributed by atoms with Crippen LogP contribution in [0.1, 0.15) is 25.3 Å². The van der Waals surface area contributed by atoms with Gasteiger partial charge in [-0.1, -0.05) is 19.1 Å². The van der Waals surface area contributed by atoms with E-state index >= 15 is 0 Å². The summed E-state index contributed by atoms with van der Waals surface area (Å²) in [6.45, 7) is 1.52. The molecule has 0 spiro atoms. The van der Waals surface area contributed by atoms with Gasteiger partial charge in [0.15, 0.2) is 17.5 Å². The Hall–Kier alpha value is -3.48. The number of aromatic nitrogens is 1. The largest absolute Gasteiger partial charge is 0.437 e. The van der Waals surface area contributed by atoms with E-state index in [4.69, 9.17) is 4.74 Å². The van der Waals surface area contributed by atoms with Crippen LogP contribution >= 0.6 is 11.3 Å². The maximum absolute atomic E-state index is 13.3. The van der Waals surface area contributed by atoms with Crippen LogP contribution in [0, 0.1) is 0 Å². The van der Waals surface area contributed by atoms with Crippen LogP contribution in [0.3, 0.4) is 0 Å². The quantitative estimate of drug-likeness (QED) is 0.353. The molecule has 2 aromatic rings. The van der Waals surface area contributed by atoms with Gasteiger partial charge in [0.05, 0.1) is 11.3 Å². The molecule has 166 valence electrons. The van der Waals surface area contributed by atoms with Crippen LogP contribution in [-0.2, 0) is 25.3 Å². The second-order valence-corrected chi connectivity index (χ2v) is 6.81. The Labute approximate surface area is 178 Å². The molecule has 1 atom stereocenters. The third-order valence-corrected chi connectivity index (χ3v) is 4.38. The van der Waals surface area contributed by atoms with Crippen LogP contribution in [-0.4, -0.2) is 40.3 Å². The summed E-state index contributed by atoms with van der Waals surface area (Å²) in [6.07, 6.45) is -6.59. The van der Waals surface area contributed by atoms with Crippen LogP contribution in [0.5, 0.6) is 0 Å². The zero-order chi connectivity index (χ0) is 23.0. The number of rotatable bonds is 8. The van der Waals surface area contributed by atoms with E-state index in [-0.39, 0.29) is 16.6 Å². The predicted octanol–water partition coefficient (Wildman–Crippen LogP) is 3.46. The molecular formula is C18H17F3N4O5S. The third kappa shape index (κ3) is 6.77. The number of aldehydes is 1. The van der Waals surface area contributed by atoms with E-state index in [1.807, 2.05) is 0 Å². The molecule has 31 heavy (non-hydrogen) atoms. The number of ether oxygens (including phenoxy) is 1. The summed E-state index contributed by atoms with van der Waals surface area (Å²) in [5, 5.41) is 4.20. The van der Waals surface area contributed by atoms with Crippen LogP contribution in [0.2, 0.25) is 0 Å². The van der Waals surface area contributed by atoms with Gasteiger partial charge in [-0.3, -0.25) is 19.8 Å². The summed E-state index contributed by atoms with van der Waals surface area (Å²) in [6, 6.07) is 4.11. The minimum atomic E-state index is -4.79. The topological polar surface area (TPSA) is 118 Å². The second-order valence-electron chi connectivity index (χ2n) is 5.91. The minimum Gasteiger partial charge on any atom is -0.437 e. The molecule has 2 rings (SSSR count). The van der Waals surface area contributed by atoms with E-state index < -0.39 is 47.9 Å². The Morgan fingerprint density at radius 2 is 2.00 bits per heavy atom. The van der Waals surface area contributed by atoms with Gasteiger partial charge in [-0.2, -0.15) is 18.2 Å². The molecule has 13 heteroatoms.